The number of anilines is 1. The Morgan fingerprint density at radius 1 is 1.67 bits per heavy atom. The monoisotopic (exact) mass is 252 g/mol. The Bertz CT molecular complexity index is 467. The summed E-state index contributed by atoms with van der Waals surface area (Å²) < 4.78 is 6.55. The molecule has 0 spiro atoms. The van der Waals surface area contributed by atoms with Crippen LogP contribution in [0.5, 0.6) is 0 Å². The fourth-order valence-corrected chi connectivity index (χ4v) is 1.63. The average Bonchev–Trinajstić information content (AvgIpc) is 2.71. The van der Waals surface area contributed by atoms with Crippen LogP contribution in [0.4, 0.5) is 10.5 Å². The summed E-state index contributed by atoms with van der Waals surface area (Å²) in [4.78, 5) is 23.2. The number of nitrogens with one attached hydrogen (secondary N) is 2. The van der Waals surface area contributed by atoms with Crippen molar-refractivity contribution in [3.8, 4) is 0 Å². The zero-order valence-corrected chi connectivity index (χ0v) is 10.4. The van der Waals surface area contributed by atoms with Crippen LogP contribution in [-0.2, 0) is 11.3 Å². The van der Waals surface area contributed by atoms with Gasteiger partial charge in [0.2, 0.25) is 0 Å². The van der Waals surface area contributed by atoms with Crippen molar-refractivity contribution in [2.24, 2.45) is 5.92 Å². The normalized spacial score (nSPS) is 14.1. The maximum absolute atomic E-state index is 11.7. The Labute approximate surface area is 104 Å². The molecule has 0 saturated heterocycles. The van der Waals surface area contributed by atoms with Crippen LogP contribution in [-0.4, -0.2) is 34.9 Å². The van der Waals surface area contributed by atoms with Crippen LogP contribution in [0.3, 0.4) is 0 Å². The molecule has 0 aliphatic carbocycles. The average molecular weight is 252 g/mol. The summed E-state index contributed by atoms with van der Waals surface area (Å²) in [6, 6.07) is 0. The largest absolute Gasteiger partial charge is 0.449 e. The highest BCUT2D eigenvalue weighted by Gasteiger charge is 2.23. The van der Waals surface area contributed by atoms with Gasteiger partial charge in [-0.05, 0) is 5.92 Å². The van der Waals surface area contributed by atoms with Crippen LogP contribution in [0.2, 0.25) is 0 Å². The van der Waals surface area contributed by atoms with Crippen molar-refractivity contribution in [1.82, 2.24) is 15.1 Å². The molecule has 0 saturated carbocycles. The first-order chi connectivity index (χ1) is 8.58. The molecule has 7 nitrogen and oxygen atoms in total. The second-order valence-electron chi connectivity index (χ2n) is 4.50. The molecular weight excluding hydrogens is 236 g/mol. The van der Waals surface area contributed by atoms with Gasteiger partial charge in [-0.1, -0.05) is 13.8 Å². The molecule has 0 bridgehead atoms. The maximum Gasteiger partial charge on any atom is 0.411 e. The lowest BCUT2D eigenvalue weighted by atomic mass is 10.2. The van der Waals surface area contributed by atoms with Crippen LogP contribution in [0.25, 0.3) is 0 Å². The number of carbonyl (C=O) groups excluding carboxylic acids is 2. The molecule has 0 aromatic carbocycles. The van der Waals surface area contributed by atoms with Crippen LogP contribution in [0.1, 0.15) is 24.3 Å². The molecule has 2 N–H and O–H groups in total. The Balaban J connectivity index is 2.04. The van der Waals surface area contributed by atoms with E-state index < -0.39 is 6.09 Å². The van der Waals surface area contributed by atoms with Crippen molar-refractivity contribution in [2.75, 3.05) is 18.5 Å². The fourth-order valence-electron chi connectivity index (χ4n) is 1.63. The van der Waals surface area contributed by atoms with E-state index >= 15 is 0 Å². The second-order valence-corrected chi connectivity index (χ2v) is 4.50. The van der Waals surface area contributed by atoms with Crippen LogP contribution < -0.4 is 10.6 Å². The summed E-state index contributed by atoms with van der Waals surface area (Å²) in [5.41, 5.74) is 0.740. The van der Waals surface area contributed by atoms with Crippen molar-refractivity contribution in [3.63, 3.8) is 0 Å². The highest BCUT2D eigenvalue weighted by molar-refractivity contribution is 6.01. The van der Waals surface area contributed by atoms with E-state index in [-0.39, 0.29) is 11.8 Å². The molecule has 0 fully saturated rings. The summed E-state index contributed by atoms with van der Waals surface area (Å²) in [6.45, 7) is 5.38. The number of fused-ring (bicyclic) bond motifs is 1. The van der Waals surface area contributed by atoms with Gasteiger partial charge in [-0.2, -0.15) is 5.10 Å². The molecule has 2 rings (SSSR count). The van der Waals surface area contributed by atoms with Gasteiger partial charge in [0.25, 0.3) is 5.91 Å². The van der Waals surface area contributed by atoms with E-state index in [4.69, 9.17) is 4.74 Å². The third-order valence-corrected chi connectivity index (χ3v) is 2.45. The SMILES string of the molecule is CC(C)COC(=O)Nc1cnn2c1C(=O)NCC2. The van der Waals surface area contributed by atoms with E-state index in [0.29, 0.717) is 31.1 Å². The van der Waals surface area contributed by atoms with Crippen LogP contribution in [0.15, 0.2) is 6.20 Å². The minimum absolute atomic E-state index is 0.238. The molecule has 1 aromatic rings. The first kappa shape index (κ1) is 12.4. The number of hydrogen-bond donors (Lipinski definition) is 2. The van der Waals surface area contributed by atoms with Gasteiger partial charge in [0, 0.05) is 6.54 Å². The van der Waals surface area contributed by atoms with Gasteiger partial charge in [-0.25, -0.2) is 4.79 Å². The van der Waals surface area contributed by atoms with Crippen molar-refractivity contribution in [1.29, 1.82) is 0 Å². The summed E-state index contributed by atoms with van der Waals surface area (Å²) in [5, 5.41) is 9.27. The highest BCUT2D eigenvalue weighted by Crippen LogP contribution is 2.17. The predicted molar refractivity (Wildman–Crippen MR) is 64.4 cm³/mol. The molecule has 2 amide bonds. The summed E-state index contributed by atoms with van der Waals surface area (Å²) >= 11 is 0. The number of nitrogens with zero attached hydrogens (tertiary/aromatic N) is 2. The number of aromatic nitrogens is 2. The van der Waals surface area contributed by atoms with Crippen molar-refractivity contribution in [3.05, 3.63) is 11.9 Å². The van der Waals surface area contributed by atoms with Gasteiger partial charge in [0.1, 0.15) is 5.69 Å². The van der Waals surface area contributed by atoms with E-state index in [1.165, 1.54) is 6.20 Å². The summed E-state index contributed by atoms with van der Waals surface area (Å²) in [5.74, 6) is 0.0260. The quantitative estimate of drug-likeness (QED) is 0.834. The molecule has 18 heavy (non-hydrogen) atoms. The number of rotatable bonds is 3. The zero-order valence-electron chi connectivity index (χ0n) is 10.4. The maximum atomic E-state index is 11.7. The Morgan fingerprint density at radius 3 is 3.17 bits per heavy atom. The number of ether oxygens (including phenoxy) is 1. The first-order valence-electron chi connectivity index (χ1n) is 5.85. The second kappa shape index (κ2) is 5.07. The molecule has 98 valence electrons. The molecule has 1 aromatic heterocycles. The van der Waals surface area contributed by atoms with Gasteiger partial charge in [-0.3, -0.25) is 14.8 Å². The first-order valence-corrected chi connectivity index (χ1v) is 5.85. The molecule has 7 heteroatoms. The van der Waals surface area contributed by atoms with E-state index in [2.05, 4.69) is 15.7 Å². The van der Waals surface area contributed by atoms with Gasteiger partial charge in [0.05, 0.1) is 25.0 Å². The van der Waals surface area contributed by atoms with Crippen LogP contribution >= 0.6 is 0 Å². The van der Waals surface area contributed by atoms with Crippen molar-refractivity contribution < 1.29 is 14.3 Å². The fraction of sp³-hybridized carbons (Fsp3) is 0.545. The molecule has 0 radical (unpaired) electrons. The molecule has 1 aliphatic rings. The topological polar surface area (TPSA) is 85.2 Å². The molecule has 0 atom stereocenters. The lowest BCUT2D eigenvalue weighted by Crippen LogP contribution is -2.36. The molecule has 2 heterocycles. The summed E-state index contributed by atoms with van der Waals surface area (Å²) in [7, 11) is 0. The molecule has 1 aliphatic heterocycles. The van der Waals surface area contributed by atoms with Gasteiger partial charge >= 0.3 is 6.09 Å². The highest BCUT2D eigenvalue weighted by atomic mass is 16.5. The summed E-state index contributed by atoms with van der Waals surface area (Å²) in [6.07, 6.45) is 0.884. The molecule has 0 unspecified atom stereocenters. The zero-order chi connectivity index (χ0) is 13.1. The number of hydrogen-bond acceptors (Lipinski definition) is 4. The molecular formula is C11H16N4O3. The third-order valence-electron chi connectivity index (χ3n) is 2.45. The Kier molecular flexibility index (Phi) is 3.50. The van der Waals surface area contributed by atoms with Crippen molar-refractivity contribution in [2.45, 2.75) is 20.4 Å². The Morgan fingerprint density at radius 2 is 2.44 bits per heavy atom. The minimum Gasteiger partial charge on any atom is -0.449 e. The lowest BCUT2D eigenvalue weighted by Gasteiger charge is -2.15. The van der Waals surface area contributed by atoms with Gasteiger partial charge in [0.15, 0.2) is 0 Å². The minimum atomic E-state index is -0.571. The standard InChI is InChI=1S/C11H16N4O3/c1-7(2)6-18-11(17)14-8-5-13-15-4-3-12-10(16)9(8)15/h5,7H,3-4,6H2,1-2H3,(H,12,16)(H,14,17). The van der Waals surface area contributed by atoms with E-state index in [1.807, 2.05) is 13.8 Å². The van der Waals surface area contributed by atoms with E-state index in [0.717, 1.165) is 0 Å². The number of carbonyl (C=O) groups is 2. The number of amides is 2. The van der Waals surface area contributed by atoms with Gasteiger partial charge in [-0.15, -0.1) is 0 Å². The van der Waals surface area contributed by atoms with E-state index in [1.54, 1.807) is 4.68 Å². The predicted octanol–water partition coefficient (Wildman–Crippen LogP) is 0.831. The third kappa shape index (κ3) is 2.61. The Hall–Kier alpha value is -2.05. The van der Waals surface area contributed by atoms with Crippen LogP contribution in [0, 0.1) is 5.92 Å². The van der Waals surface area contributed by atoms with Crippen molar-refractivity contribution >= 4 is 17.7 Å². The van der Waals surface area contributed by atoms with Gasteiger partial charge < -0.3 is 10.1 Å². The lowest BCUT2D eigenvalue weighted by molar-refractivity contribution is 0.0925. The van der Waals surface area contributed by atoms with E-state index in [9.17, 15) is 9.59 Å². The smallest absolute Gasteiger partial charge is 0.411 e.